The van der Waals surface area contributed by atoms with Crippen molar-refractivity contribution in [3.05, 3.63) is 54.5 Å². The summed E-state index contributed by atoms with van der Waals surface area (Å²) in [5, 5.41) is 0. The van der Waals surface area contributed by atoms with Crippen LogP contribution in [-0.4, -0.2) is 34.2 Å². The van der Waals surface area contributed by atoms with Gasteiger partial charge in [0.1, 0.15) is 12.4 Å². The van der Waals surface area contributed by atoms with E-state index in [9.17, 15) is 4.57 Å². The second kappa shape index (κ2) is 9.69. The maximum Gasteiger partial charge on any atom is 0.695 e. The lowest BCUT2D eigenvalue weighted by Crippen LogP contribution is -2.20. The van der Waals surface area contributed by atoms with Gasteiger partial charge in [0.15, 0.2) is 0 Å². The molecule has 7 nitrogen and oxygen atoms in total. The summed E-state index contributed by atoms with van der Waals surface area (Å²) in [5.41, 5.74) is 1.10. The molecule has 1 aliphatic rings. The van der Waals surface area contributed by atoms with Gasteiger partial charge in [-0.1, -0.05) is 30.3 Å². The highest BCUT2D eigenvalue weighted by atomic mass is 31.1. The summed E-state index contributed by atoms with van der Waals surface area (Å²) < 4.78 is 27.8. The zero-order valence-electron chi connectivity index (χ0n) is 14.3. The van der Waals surface area contributed by atoms with Crippen molar-refractivity contribution >= 4 is 8.25 Å². The Morgan fingerprint density at radius 1 is 1.15 bits per heavy atom. The van der Waals surface area contributed by atoms with Crippen molar-refractivity contribution in [2.24, 2.45) is 11.8 Å². The number of benzene rings is 1. The van der Waals surface area contributed by atoms with E-state index in [1.165, 1.54) is 6.33 Å². The number of ether oxygens (including phenoxy) is 2. The fraction of sp³-hybridized carbons (Fsp3) is 0.444. The van der Waals surface area contributed by atoms with Crippen molar-refractivity contribution < 1.29 is 23.5 Å². The minimum Gasteiger partial charge on any atom is -0.477 e. The van der Waals surface area contributed by atoms with E-state index in [0.717, 1.165) is 12.0 Å². The Labute approximate surface area is 153 Å². The topological polar surface area (TPSA) is 90.8 Å². The molecule has 1 aromatic carbocycles. The lowest BCUT2D eigenvalue weighted by Gasteiger charge is -2.14. The summed E-state index contributed by atoms with van der Waals surface area (Å²) in [5.74, 6) is 0.800. The molecule has 2 aromatic rings. The molecule has 1 aromatic heterocycles. The summed E-state index contributed by atoms with van der Waals surface area (Å²) in [6.07, 6.45) is 4.23. The zero-order valence-corrected chi connectivity index (χ0v) is 15.2. The molecule has 26 heavy (non-hydrogen) atoms. The molecule has 138 valence electrons. The Morgan fingerprint density at radius 2 is 2.00 bits per heavy atom. The molecule has 1 aliphatic carbocycles. The van der Waals surface area contributed by atoms with Gasteiger partial charge < -0.3 is 9.47 Å². The Balaban J connectivity index is 1.50. The minimum absolute atomic E-state index is 0.0591. The van der Waals surface area contributed by atoms with E-state index in [-0.39, 0.29) is 17.9 Å². The van der Waals surface area contributed by atoms with Crippen molar-refractivity contribution in [1.29, 1.82) is 0 Å². The van der Waals surface area contributed by atoms with Gasteiger partial charge in [0.05, 0.1) is 19.8 Å². The van der Waals surface area contributed by atoms with Crippen molar-refractivity contribution in [3.63, 3.8) is 0 Å². The van der Waals surface area contributed by atoms with Gasteiger partial charge in [-0.3, -0.25) is 0 Å². The molecule has 0 amide bonds. The second-order valence-electron chi connectivity index (χ2n) is 6.34. The Bertz CT molecular complexity index is 688. The Hall–Kier alpha value is -1.92. The third kappa shape index (κ3) is 5.81. The second-order valence-corrected chi connectivity index (χ2v) is 7.03. The van der Waals surface area contributed by atoms with E-state index < -0.39 is 8.25 Å². The van der Waals surface area contributed by atoms with Crippen LogP contribution in [0.2, 0.25) is 0 Å². The van der Waals surface area contributed by atoms with Gasteiger partial charge in [0.2, 0.25) is 5.88 Å². The molecule has 2 unspecified atom stereocenters. The number of nitrogens with zero attached hydrogens (tertiary/aromatic N) is 2. The standard InChI is InChI=1S/C18H21N2O5P/c21-26(22)25-17-9-15(11-24-18-6-7-19-13-20-18)8-16(17)12-23-10-14-4-2-1-3-5-14/h1-7,13,15-17H,8-12H2/p+1/t15?,16-,17+/m1/s1. The number of hydrogen-bond donors (Lipinski definition) is 1. The SMILES string of the molecule is O=[P+](O)O[C@H]1CC(COc2ccncn2)C[C@@H]1COCc1ccccc1. The summed E-state index contributed by atoms with van der Waals surface area (Å²) in [6, 6.07) is 11.6. The first-order valence-electron chi connectivity index (χ1n) is 8.54. The van der Waals surface area contributed by atoms with Crippen molar-refractivity contribution in [2.45, 2.75) is 25.6 Å². The third-order valence-electron chi connectivity index (χ3n) is 4.42. The molecule has 3 rings (SSSR count). The van der Waals surface area contributed by atoms with Crippen LogP contribution in [0, 0.1) is 11.8 Å². The molecular formula is C18H22N2O5P+. The Kier molecular flexibility index (Phi) is 7.03. The zero-order chi connectivity index (χ0) is 18.2. The number of aromatic nitrogens is 2. The molecule has 1 heterocycles. The van der Waals surface area contributed by atoms with Crippen LogP contribution in [0.4, 0.5) is 0 Å². The van der Waals surface area contributed by atoms with Crippen molar-refractivity contribution in [2.75, 3.05) is 13.2 Å². The summed E-state index contributed by atoms with van der Waals surface area (Å²) in [4.78, 5) is 17.0. The predicted molar refractivity (Wildman–Crippen MR) is 94.5 cm³/mol. The van der Waals surface area contributed by atoms with E-state index in [4.69, 9.17) is 18.9 Å². The lowest BCUT2D eigenvalue weighted by atomic mass is 10.1. The highest BCUT2D eigenvalue weighted by Gasteiger charge is 2.40. The average Bonchev–Trinajstić information content (AvgIpc) is 3.03. The highest BCUT2D eigenvalue weighted by Crippen LogP contribution is 2.38. The van der Waals surface area contributed by atoms with Gasteiger partial charge >= 0.3 is 8.25 Å². The van der Waals surface area contributed by atoms with Crippen LogP contribution in [0.25, 0.3) is 0 Å². The molecule has 4 atom stereocenters. The molecule has 0 spiro atoms. The van der Waals surface area contributed by atoms with E-state index in [0.29, 0.717) is 32.1 Å². The van der Waals surface area contributed by atoms with E-state index in [1.807, 2.05) is 30.3 Å². The molecule has 0 aliphatic heterocycles. The van der Waals surface area contributed by atoms with E-state index >= 15 is 0 Å². The summed E-state index contributed by atoms with van der Waals surface area (Å²) >= 11 is 0. The number of hydrogen-bond acceptors (Lipinski definition) is 6. The van der Waals surface area contributed by atoms with Crippen molar-refractivity contribution in [3.8, 4) is 5.88 Å². The molecule has 0 bridgehead atoms. The number of rotatable bonds is 9. The summed E-state index contributed by atoms with van der Waals surface area (Å²) in [6.45, 7) is 1.47. The monoisotopic (exact) mass is 377 g/mol. The van der Waals surface area contributed by atoms with Crippen LogP contribution in [0.15, 0.2) is 48.9 Å². The van der Waals surface area contributed by atoms with E-state index in [1.54, 1.807) is 12.3 Å². The molecule has 0 saturated heterocycles. The lowest BCUT2D eigenvalue weighted by molar-refractivity contribution is 0.0452. The minimum atomic E-state index is -2.64. The molecular weight excluding hydrogens is 355 g/mol. The maximum atomic E-state index is 11.1. The predicted octanol–water partition coefficient (Wildman–Crippen LogP) is 3.13. The third-order valence-corrected chi connectivity index (χ3v) is 4.87. The molecule has 8 heteroatoms. The fourth-order valence-corrected chi connectivity index (χ4v) is 3.71. The molecule has 1 saturated carbocycles. The van der Waals surface area contributed by atoms with Gasteiger partial charge in [0, 0.05) is 22.7 Å². The first kappa shape index (κ1) is 18.9. The average molecular weight is 377 g/mol. The van der Waals surface area contributed by atoms with Gasteiger partial charge in [-0.15, -0.1) is 9.42 Å². The normalized spacial score (nSPS) is 23.0. The maximum absolute atomic E-state index is 11.1. The van der Waals surface area contributed by atoms with Crippen LogP contribution in [0.5, 0.6) is 5.88 Å². The quantitative estimate of drug-likeness (QED) is 0.671. The smallest absolute Gasteiger partial charge is 0.477 e. The first-order valence-corrected chi connectivity index (χ1v) is 9.67. The van der Waals surface area contributed by atoms with Gasteiger partial charge in [-0.2, -0.15) is 0 Å². The molecule has 1 N–H and O–H groups in total. The highest BCUT2D eigenvalue weighted by molar-refractivity contribution is 7.32. The first-order chi connectivity index (χ1) is 12.7. The summed E-state index contributed by atoms with van der Waals surface area (Å²) in [7, 11) is -2.64. The van der Waals surface area contributed by atoms with Gasteiger partial charge in [-0.05, 0) is 24.3 Å². The van der Waals surface area contributed by atoms with Crippen LogP contribution in [0.3, 0.4) is 0 Å². The molecule has 1 fully saturated rings. The van der Waals surface area contributed by atoms with Crippen LogP contribution in [-0.2, 0) is 20.4 Å². The Morgan fingerprint density at radius 3 is 2.73 bits per heavy atom. The van der Waals surface area contributed by atoms with Gasteiger partial charge in [-0.25, -0.2) is 9.97 Å². The fourth-order valence-electron chi connectivity index (χ4n) is 3.22. The van der Waals surface area contributed by atoms with Gasteiger partial charge in [0.25, 0.3) is 0 Å². The van der Waals surface area contributed by atoms with Crippen LogP contribution in [0.1, 0.15) is 18.4 Å². The van der Waals surface area contributed by atoms with Crippen molar-refractivity contribution in [1.82, 2.24) is 9.97 Å². The largest absolute Gasteiger partial charge is 0.695 e. The van der Waals surface area contributed by atoms with Crippen LogP contribution >= 0.6 is 8.25 Å². The molecule has 0 radical (unpaired) electrons. The van der Waals surface area contributed by atoms with Crippen LogP contribution < -0.4 is 4.74 Å². The van der Waals surface area contributed by atoms with E-state index in [2.05, 4.69) is 9.97 Å².